The highest BCUT2D eigenvalue weighted by molar-refractivity contribution is 4.86. The van der Waals surface area contributed by atoms with Crippen LogP contribution in [0.25, 0.3) is 0 Å². The molecule has 2 saturated heterocycles. The Morgan fingerprint density at radius 2 is 1.94 bits per heavy atom. The number of piperazine rings is 1. The summed E-state index contributed by atoms with van der Waals surface area (Å²) >= 11 is 0. The largest absolute Gasteiger partial charge is 0.301 e. The van der Waals surface area contributed by atoms with Gasteiger partial charge in [-0.2, -0.15) is 0 Å². The van der Waals surface area contributed by atoms with Crippen LogP contribution in [-0.2, 0) is 0 Å². The maximum Gasteiger partial charge on any atom is 0.0220 e. The molecule has 0 aliphatic carbocycles. The van der Waals surface area contributed by atoms with Gasteiger partial charge in [0.15, 0.2) is 0 Å². The number of hydrogen-bond donors (Lipinski definition) is 0. The molecule has 1 unspecified atom stereocenters. The lowest BCUT2D eigenvalue weighted by Gasteiger charge is -2.44. The van der Waals surface area contributed by atoms with Gasteiger partial charge in [0.05, 0.1) is 0 Å². The molecule has 0 N–H and O–H groups in total. The van der Waals surface area contributed by atoms with Crippen molar-refractivity contribution >= 4 is 0 Å². The Labute approximate surface area is 100 Å². The predicted molar refractivity (Wildman–Crippen MR) is 67.8 cm³/mol. The predicted octanol–water partition coefficient (Wildman–Crippen LogP) is 1.17. The third kappa shape index (κ3) is 2.96. The smallest absolute Gasteiger partial charge is 0.0220 e. The van der Waals surface area contributed by atoms with Gasteiger partial charge in [0.2, 0.25) is 0 Å². The summed E-state index contributed by atoms with van der Waals surface area (Å²) < 4.78 is 0. The minimum atomic E-state index is 0.789. The Morgan fingerprint density at radius 1 is 1.19 bits per heavy atom. The fourth-order valence-corrected chi connectivity index (χ4v) is 3.05. The summed E-state index contributed by atoms with van der Waals surface area (Å²) in [4.78, 5) is 5.28. The highest BCUT2D eigenvalue weighted by Crippen LogP contribution is 2.19. The average Bonchev–Trinajstić information content (AvgIpc) is 2.33. The number of piperidine rings is 1. The normalized spacial score (nSPS) is 30.8. The van der Waals surface area contributed by atoms with Gasteiger partial charge in [-0.1, -0.05) is 13.3 Å². The quantitative estimate of drug-likeness (QED) is 0.717. The van der Waals surface area contributed by atoms with E-state index in [2.05, 4.69) is 29.1 Å². The summed E-state index contributed by atoms with van der Waals surface area (Å²) in [6.45, 7) is 8.28. The van der Waals surface area contributed by atoms with E-state index in [0.717, 1.165) is 25.2 Å². The first kappa shape index (κ1) is 12.3. The highest BCUT2D eigenvalue weighted by Gasteiger charge is 2.29. The second kappa shape index (κ2) is 5.99. The lowest BCUT2D eigenvalue weighted by molar-refractivity contribution is 0.0493. The lowest BCUT2D eigenvalue weighted by Crippen LogP contribution is -2.55. The maximum absolute atomic E-state index is 4.46. The Kier molecular flexibility index (Phi) is 4.62. The molecule has 3 heteroatoms. The van der Waals surface area contributed by atoms with Gasteiger partial charge in [-0.15, -0.1) is 0 Å². The van der Waals surface area contributed by atoms with Crippen molar-refractivity contribution in [1.82, 2.24) is 15.1 Å². The van der Waals surface area contributed by atoms with Crippen LogP contribution in [0.4, 0.5) is 0 Å². The minimum Gasteiger partial charge on any atom is -0.301 e. The summed E-state index contributed by atoms with van der Waals surface area (Å²) in [5.74, 6) is 0. The van der Waals surface area contributed by atoms with E-state index in [-0.39, 0.29) is 0 Å². The van der Waals surface area contributed by atoms with E-state index in [1.807, 2.05) is 0 Å². The van der Waals surface area contributed by atoms with E-state index in [9.17, 15) is 0 Å². The first-order valence-corrected chi connectivity index (χ1v) is 6.88. The second-order valence-electron chi connectivity index (χ2n) is 5.32. The SMILES string of the molecule is CCCC1CN(C2CC[N]CC2)CCN1C. The molecule has 2 aliphatic heterocycles. The van der Waals surface area contributed by atoms with Gasteiger partial charge in [0.25, 0.3) is 0 Å². The van der Waals surface area contributed by atoms with Gasteiger partial charge >= 0.3 is 0 Å². The molecule has 3 nitrogen and oxygen atoms in total. The van der Waals surface area contributed by atoms with Gasteiger partial charge in [-0.05, 0) is 26.3 Å². The summed E-state index contributed by atoms with van der Waals surface area (Å²) in [5, 5.41) is 4.46. The molecule has 2 heterocycles. The van der Waals surface area contributed by atoms with Crippen LogP contribution in [0.1, 0.15) is 32.6 Å². The van der Waals surface area contributed by atoms with Crippen molar-refractivity contribution in [2.24, 2.45) is 0 Å². The maximum atomic E-state index is 4.46. The molecular formula is C13H26N3. The molecule has 0 spiro atoms. The fourth-order valence-electron chi connectivity index (χ4n) is 3.05. The van der Waals surface area contributed by atoms with Crippen LogP contribution in [0.5, 0.6) is 0 Å². The summed E-state index contributed by atoms with van der Waals surface area (Å²) in [6, 6.07) is 1.61. The van der Waals surface area contributed by atoms with Crippen molar-refractivity contribution in [3.63, 3.8) is 0 Å². The molecule has 0 aromatic carbocycles. The van der Waals surface area contributed by atoms with Crippen molar-refractivity contribution in [1.29, 1.82) is 0 Å². The van der Waals surface area contributed by atoms with Crippen LogP contribution in [0, 0.1) is 0 Å². The molecule has 0 aromatic rings. The molecule has 0 bridgehead atoms. The van der Waals surface area contributed by atoms with E-state index in [1.165, 1.54) is 45.3 Å². The monoisotopic (exact) mass is 224 g/mol. The molecule has 2 fully saturated rings. The molecule has 93 valence electrons. The van der Waals surface area contributed by atoms with Crippen LogP contribution >= 0.6 is 0 Å². The second-order valence-corrected chi connectivity index (χ2v) is 5.32. The summed E-state index contributed by atoms with van der Waals surface area (Å²) in [5.41, 5.74) is 0. The van der Waals surface area contributed by atoms with Gasteiger partial charge in [-0.3, -0.25) is 4.90 Å². The van der Waals surface area contributed by atoms with Crippen LogP contribution in [0.15, 0.2) is 0 Å². The Morgan fingerprint density at radius 3 is 2.62 bits per heavy atom. The number of likely N-dealkylation sites (N-methyl/N-ethyl adjacent to an activating group) is 1. The Hall–Kier alpha value is -0.120. The minimum absolute atomic E-state index is 0.789. The summed E-state index contributed by atoms with van der Waals surface area (Å²) in [7, 11) is 2.29. The van der Waals surface area contributed by atoms with E-state index in [0.29, 0.717) is 0 Å². The first-order chi connectivity index (χ1) is 7.81. The first-order valence-electron chi connectivity index (χ1n) is 6.88. The Bertz CT molecular complexity index is 201. The van der Waals surface area contributed by atoms with Crippen molar-refractivity contribution in [3.05, 3.63) is 0 Å². The highest BCUT2D eigenvalue weighted by atomic mass is 15.3. The number of nitrogens with zero attached hydrogens (tertiary/aromatic N) is 3. The van der Waals surface area contributed by atoms with Crippen molar-refractivity contribution in [2.45, 2.75) is 44.7 Å². The molecule has 1 atom stereocenters. The van der Waals surface area contributed by atoms with Crippen LogP contribution < -0.4 is 5.32 Å². The molecule has 2 aliphatic rings. The molecule has 0 amide bonds. The zero-order chi connectivity index (χ0) is 11.4. The van der Waals surface area contributed by atoms with Crippen LogP contribution in [-0.4, -0.2) is 61.7 Å². The molecule has 2 rings (SSSR count). The Balaban J connectivity index is 1.86. The van der Waals surface area contributed by atoms with E-state index >= 15 is 0 Å². The standard InChI is InChI=1S/C13H26N3/c1-3-4-13-11-16(10-9-15(13)2)12-5-7-14-8-6-12/h12-13H,3-11H2,1-2H3. The van der Waals surface area contributed by atoms with Gasteiger partial charge in [-0.25, -0.2) is 5.32 Å². The topological polar surface area (TPSA) is 20.6 Å². The number of hydrogen-bond acceptors (Lipinski definition) is 2. The van der Waals surface area contributed by atoms with Crippen molar-refractivity contribution in [3.8, 4) is 0 Å². The van der Waals surface area contributed by atoms with Crippen LogP contribution in [0.2, 0.25) is 0 Å². The molecule has 0 saturated carbocycles. The third-order valence-electron chi connectivity index (χ3n) is 4.19. The molecular weight excluding hydrogens is 198 g/mol. The zero-order valence-corrected chi connectivity index (χ0v) is 10.9. The third-order valence-corrected chi connectivity index (χ3v) is 4.19. The van der Waals surface area contributed by atoms with E-state index in [4.69, 9.17) is 0 Å². The number of rotatable bonds is 3. The molecule has 1 radical (unpaired) electrons. The average molecular weight is 224 g/mol. The van der Waals surface area contributed by atoms with Gasteiger partial charge in [0, 0.05) is 44.8 Å². The van der Waals surface area contributed by atoms with Crippen molar-refractivity contribution < 1.29 is 0 Å². The lowest BCUT2D eigenvalue weighted by atomic mass is 10.0. The molecule has 0 aromatic heterocycles. The van der Waals surface area contributed by atoms with Crippen molar-refractivity contribution in [2.75, 3.05) is 39.8 Å². The van der Waals surface area contributed by atoms with E-state index in [1.54, 1.807) is 0 Å². The van der Waals surface area contributed by atoms with Crippen LogP contribution in [0.3, 0.4) is 0 Å². The van der Waals surface area contributed by atoms with Gasteiger partial charge in [0.1, 0.15) is 0 Å². The van der Waals surface area contributed by atoms with E-state index < -0.39 is 0 Å². The fraction of sp³-hybridized carbons (Fsp3) is 1.00. The zero-order valence-electron chi connectivity index (χ0n) is 10.9. The summed E-state index contributed by atoms with van der Waals surface area (Å²) in [6.07, 6.45) is 5.25. The van der Waals surface area contributed by atoms with Gasteiger partial charge < -0.3 is 4.90 Å². The molecule has 16 heavy (non-hydrogen) atoms.